The number of amides is 1. The van der Waals surface area contributed by atoms with Crippen LogP contribution in [0.5, 0.6) is 0 Å². The Bertz CT molecular complexity index is 463. The first-order chi connectivity index (χ1) is 8.61. The van der Waals surface area contributed by atoms with Crippen molar-refractivity contribution in [2.75, 3.05) is 13.1 Å². The SMILES string of the molecule is Cc1nc(C(=O)N2CCC(C(N)=NO)CC2)cs1. The van der Waals surface area contributed by atoms with Crippen LogP contribution in [-0.4, -0.2) is 39.9 Å². The van der Waals surface area contributed by atoms with Crippen LogP contribution < -0.4 is 5.73 Å². The maximum absolute atomic E-state index is 12.1. The first-order valence-corrected chi connectivity index (χ1v) is 6.68. The van der Waals surface area contributed by atoms with Crippen molar-refractivity contribution in [3.05, 3.63) is 16.1 Å². The second-order valence-corrected chi connectivity index (χ2v) is 5.41. The molecule has 1 aromatic rings. The predicted molar refractivity (Wildman–Crippen MR) is 68.9 cm³/mol. The number of likely N-dealkylation sites (tertiary alicyclic amines) is 1. The van der Waals surface area contributed by atoms with Gasteiger partial charge in [0.15, 0.2) is 0 Å². The van der Waals surface area contributed by atoms with E-state index in [0.29, 0.717) is 18.8 Å². The lowest BCUT2D eigenvalue weighted by molar-refractivity contribution is 0.0703. The minimum absolute atomic E-state index is 0.0303. The van der Waals surface area contributed by atoms with Crippen molar-refractivity contribution in [3.8, 4) is 0 Å². The summed E-state index contributed by atoms with van der Waals surface area (Å²) in [6.45, 7) is 3.12. The summed E-state index contributed by atoms with van der Waals surface area (Å²) in [5, 5.41) is 14.3. The van der Waals surface area contributed by atoms with E-state index in [-0.39, 0.29) is 17.7 Å². The summed E-state index contributed by atoms with van der Waals surface area (Å²) in [7, 11) is 0. The predicted octanol–water partition coefficient (Wildman–Crippen LogP) is 1.05. The van der Waals surface area contributed by atoms with Crippen molar-refractivity contribution >= 4 is 23.1 Å². The van der Waals surface area contributed by atoms with Gasteiger partial charge < -0.3 is 15.8 Å². The van der Waals surface area contributed by atoms with Crippen LogP contribution in [0.15, 0.2) is 10.5 Å². The number of piperidine rings is 1. The zero-order valence-electron chi connectivity index (χ0n) is 10.2. The van der Waals surface area contributed by atoms with Crippen molar-refractivity contribution in [1.82, 2.24) is 9.88 Å². The van der Waals surface area contributed by atoms with Crippen LogP contribution in [0.1, 0.15) is 28.3 Å². The maximum atomic E-state index is 12.1. The fraction of sp³-hybridized carbons (Fsp3) is 0.545. The van der Waals surface area contributed by atoms with Gasteiger partial charge in [0.05, 0.1) is 5.01 Å². The number of aryl methyl sites for hydroxylation is 1. The van der Waals surface area contributed by atoms with Crippen LogP contribution in [-0.2, 0) is 0 Å². The minimum atomic E-state index is -0.0303. The summed E-state index contributed by atoms with van der Waals surface area (Å²) < 4.78 is 0. The molecule has 1 saturated heterocycles. The fourth-order valence-electron chi connectivity index (χ4n) is 2.08. The fourth-order valence-corrected chi connectivity index (χ4v) is 2.67. The zero-order chi connectivity index (χ0) is 13.1. The van der Waals surface area contributed by atoms with E-state index in [1.807, 2.05) is 6.92 Å². The summed E-state index contributed by atoms with van der Waals surface area (Å²) >= 11 is 1.48. The van der Waals surface area contributed by atoms with Crippen molar-refractivity contribution in [1.29, 1.82) is 0 Å². The molecule has 1 aromatic heterocycles. The van der Waals surface area contributed by atoms with E-state index < -0.39 is 0 Å². The lowest BCUT2D eigenvalue weighted by Crippen LogP contribution is -2.41. The Kier molecular flexibility index (Phi) is 3.81. The van der Waals surface area contributed by atoms with E-state index in [1.54, 1.807) is 10.3 Å². The Morgan fingerprint density at radius 1 is 1.61 bits per heavy atom. The summed E-state index contributed by atoms with van der Waals surface area (Å²) in [5.74, 6) is 0.292. The third-order valence-electron chi connectivity index (χ3n) is 3.15. The van der Waals surface area contributed by atoms with Crippen LogP contribution in [0.4, 0.5) is 0 Å². The van der Waals surface area contributed by atoms with Gasteiger partial charge in [0, 0.05) is 24.4 Å². The van der Waals surface area contributed by atoms with E-state index >= 15 is 0 Å². The van der Waals surface area contributed by atoms with Crippen LogP contribution in [0.2, 0.25) is 0 Å². The maximum Gasteiger partial charge on any atom is 0.273 e. The normalized spacial score (nSPS) is 18.1. The lowest BCUT2D eigenvalue weighted by Gasteiger charge is -2.30. The van der Waals surface area contributed by atoms with E-state index in [9.17, 15) is 4.79 Å². The van der Waals surface area contributed by atoms with Crippen molar-refractivity contribution in [2.45, 2.75) is 19.8 Å². The first-order valence-electron chi connectivity index (χ1n) is 5.80. The monoisotopic (exact) mass is 268 g/mol. The number of oxime groups is 1. The highest BCUT2D eigenvalue weighted by Crippen LogP contribution is 2.19. The van der Waals surface area contributed by atoms with Crippen LogP contribution in [0.3, 0.4) is 0 Å². The quantitative estimate of drug-likeness (QED) is 0.363. The molecule has 1 fully saturated rings. The van der Waals surface area contributed by atoms with E-state index in [4.69, 9.17) is 10.9 Å². The average Bonchev–Trinajstić information content (AvgIpc) is 2.84. The van der Waals surface area contributed by atoms with Gasteiger partial charge in [-0.25, -0.2) is 4.98 Å². The van der Waals surface area contributed by atoms with Gasteiger partial charge in [0.25, 0.3) is 5.91 Å². The Hall–Kier alpha value is -1.63. The molecule has 0 saturated carbocycles. The number of hydrogen-bond donors (Lipinski definition) is 2. The average molecular weight is 268 g/mol. The van der Waals surface area contributed by atoms with Gasteiger partial charge in [-0.1, -0.05) is 5.16 Å². The largest absolute Gasteiger partial charge is 0.409 e. The van der Waals surface area contributed by atoms with Gasteiger partial charge in [0.2, 0.25) is 0 Å². The van der Waals surface area contributed by atoms with Crippen molar-refractivity contribution in [2.24, 2.45) is 16.8 Å². The van der Waals surface area contributed by atoms with Crippen LogP contribution >= 0.6 is 11.3 Å². The summed E-state index contributed by atoms with van der Waals surface area (Å²) in [6.07, 6.45) is 1.45. The molecule has 1 aliphatic heterocycles. The van der Waals surface area contributed by atoms with Crippen LogP contribution in [0.25, 0.3) is 0 Å². The summed E-state index contributed by atoms with van der Waals surface area (Å²) in [4.78, 5) is 18.1. The van der Waals surface area contributed by atoms with Crippen molar-refractivity contribution < 1.29 is 10.0 Å². The van der Waals surface area contributed by atoms with Gasteiger partial charge in [-0.15, -0.1) is 11.3 Å². The highest BCUT2D eigenvalue weighted by Gasteiger charge is 2.26. The van der Waals surface area contributed by atoms with Gasteiger partial charge in [-0.05, 0) is 19.8 Å². The number of carbonyl (C=O) groups excluding carboxylic acids is 1. The third kappa shape index (κ3) is 2.61. The molecular formula is C11H16N4O2S. The molecule has 1 aliphatic rings. The van der Waals surface area contributed by atoms with Crippen molar-refractivity contribution in [3.63, 3.8) is 0 Å². The lowest BCUT2D eigenvalue weighted by atomic mass is 9.96. The number of aromatic nitrogens is 1. The molecule has 3 N–H and O–H groups in total. The Morgan fingerprint density at radius 3 is 2.78 bits per heavy atom. The molecule has 6 nitrogen and oxygen atoms in total. The zero-order valence-corrected chi connectivity index (χ0v) is 11.0. The van der Waals surface area contributed by atoms with Gasteiger partial charge in [-0.3, -0.25) is 4.79 Å². The number of amidine groups is 1. The van der Waals surface area contributed by atoms with Gasteiger partial charge in [-0.2, -0.15) is 0 Å². The molecule has 0 spiro atoms. The highest BCUT2D eigenvalue weighted by molar-refractivity contribution is 7.09. The molecule has 1 amide bonds. The molecule has 98 valence electrons. The smallest absolute Gasteiger partial charge is 0.273 e. The van der Waals surface area contributed by atoms with E-state index in [0.717, 1.165) is 17.8 Å². The Labute approximate surface area is 109 Å². The summed E-state index contributed by atoms with van der Waals surface area (Å²) in [6, 6.07) is 0. The van der Waals surface area contributed by atoms with Gasteiger partial charge >= 0.3 is 0 Å². The number of nitrogens with zero attached hydrogens (tertiary/aromatic N) is 3. The van der Waals surface area contributed by atoms with E-state index in [1.165, 1.54) is 11.3 Å². The standard InChI is InChI=1S/C11H16N4O2S/c1-7-13-9(6-18-7)11(16)15-4-2-8(3-5-15)10(12)14-17/h6,8,17H,2-5H2,1H3,(H2,12,14). The van der Waals surface area contributed by atoms with Crippen LogP contribution in [0, 0.1) is 12.8 Å². The molecule has 0 aromatic carbocycles. The molecule has 18 heavy (non-hydrogen) atoms. The molecule has 0 unspecified atom stereocenters. The number of nitrogens with two attached hydrogens (primary N) is 1. The second kappa shape index (κ2) is 5.34. The molecular weight excluding hydrogens is 252 g/mol. The topological polar surface area (TPSA) is 91.8 Å². The molecule has 0 radical (unpaired) electrons. The number of rotatable bonds is 2. The van der Waals surface area contributed by atoms with E-state index in [2.05, 4.69) is 10.1 Å². The Balaban J connectivity index is 1.96. The number of thiazole rings is 1. The third-order valence-corrected chi connectivity index (χ3v) is 3.93. The first kappa shape index (κ1) is 12.8. The van der Waals surface area contributed by atoms with Gasteiger partial charge in [0.1, 0.15) is 11.5 Å². The molecule has 0 aliphatic carbocycles. The number of hydrogen-bond acceptors (Lipinski definition) is 5. The molecule has 0 atom stereocenters. The highest BCUT2D eigenvalue weighted by atomic mass is 32.1. The second-order valence-electron chi connectivity index (χ2n) is 4.34. The minimum Gasteiger partial charge on any atom is -0.409 e. The molecule has 7 heteroatoms. The molecule has 2 rings (SSSR count). The molecule has 0 bridgehead atoms. The molecule has 2 heterocycles. The number of carbonyl (C=O) groups is 1. The Morgan fingerprint density at radius 2 is 2.28 bits per heavy atom. The summed E-state index contributed by atoms with van der Waals surface area (Å²) in [5.41, 5.74) is 6.08.